The minimum Gasteiger partial charge on any atom is -0.372 e. The summed E-state index contributed by atoms with van der Waals surface area (Å²) in [6, 6.07) is 0. The Bertz CT molecular complexity index is 409. The van der Waals surface area contributed by atoms with Crippen molar-refractivity contribution in [2.75, 3.05) is 31.2 Å². The summed E-state index contributed by atoms with van der Waals surface area (Å²) >= 11 is 1.95. The maximum absolute atomic E-state index is 12.3. The summed E-state index contributed by atoms with van der Waals surface area (Å²) in [7, 11) is 1.78. The lowest BCUT2D eigenvalue weighted by molar-refractivity contribution is 0.0754. The van der Waals surface area contributed by atoms with Crippen LogP contribution in [0.25, 0.3) is 0 Å². The number of hydrogen-bond acceptors (Lipinski definition) is 5. The van der Waals surface area contributed by atoms with Gasteiger partial charge in [0.15, 0.2) is 0 Å². The highest BCUT2D eigenvalue weighted by Crippen LogP contribution is 2.22. The van der Waals surface area contributed by atoms with Crippen LogP contribution < -0.4 is 5.32 Å². The highest BCUT2D eigenvalue weighted by Gasteiger charge is 2.24. The van der Waals surface area contributed by atoms with Gasteiger partial charge in [-0.2, -0.15) is 11.8 Å². The average Bonchev–Trinajstić information content (AvgIpc) is 2.46. The number of rotatable bonds is 3. The first-order valence-electron chi connectivity index (χ1n) is 6.15. The SMILES string of the molecule is CCC1CN(C(=O)c2cnc(NC)cn2)CCS1. The smallest absolute Gasteiger partial charge is 0.274 e. The molecule has 1 amide bonds. The number of nitrogens with one attached hydrogen (secondary N) is 1. The van der Waals surface area contributed by atoms with E-state index in [2.05, 4.69) is 22.2 Å². The third kappa shape index (κ3) is 2.93. The molecule has 0 aromatic carbocycles. The van der Waals surface area contributed by atoms with Gasteiger partial charge >= 0.3 is 0 Å². The number of anilines is 1. The lowest BCUT2D eigenvalue weighted by atomic mass is 10.2. The van der Waals surface area contributed by atoms with Gasteiger partial charge in [0.1, 0.15) is 11.5 Å². The average molecular weight is 266 g/mol. The van der Waals surface area contributed by atoms with Crippen LogP contribution in [-0.4, -0.2) is 51.9 Å². The summed E-state index contributed by atoms with van der Waals surface area (Å²) in [5.41, 5.74) is 0.427. The van der Waals surface area contributed by atoms with Crippen molar-refractivity contribution in [1.82, 2.24) is 14.9 Å². The molecule has 0 radical (unpaired) electrons. The zero-order chi connectivity index (χ0) is 13.0. The van der Waals surface area contributed by atoms with Crippen LogP contribution in [0.15, 0.2) is 12.4 Å². The molecule has 1 unspecified atom stereocenters. The van der Waals surface area contributed by atoms with Crippen LogP contribution >= 0.6 is 11.8 Å². The molecule has 1 aromatic rings. The predicted molar refractivity (Wildman–Crippen MR) is 74.0 cm³/mol. The van der Waals surface area contributed by atoms with E-state index in [-0.39, 0.29) is 5.91 Å². The summed E-state index contributed by atoms with van der Waals surface area (Å²) in [4.78, 5) is 22.4. The zero-order valence-corrected chi connectivity index (χ0v) is 11.5. The lowest BCUT2D eigenvalue weighted by Crippen LogP contribution is -2.42. The molecule has 1 fully saturated rings. The van der Waals surface area contributed by atoms with Gasteiger partial charge in [-0.05, 0) is 6.42 Å². The van der Waals surface area contributed by atoms with Crippen molar-refractivity contribution >= 4 is 23.5 Å². The van der Waals surface area contributed by atoms with E-state index in [1.54, 1.807) is 13.2 Å². The Hall–Kier alpha value is -1.30. The van der Waals surface area contributed by atoms with Crippen LogP contribution in [0.4, 0.5) is 5.82 Å². The van der Waals surface area contributed by atoms with Crippen LogP contribution in [0.3, 0.4) is 0 Å². The molecule has 98 valence electrons. The van der Waals surface area contributed by atoms with Crippen molar-refractivity contribution in [3.05, 3.63) is 18.1 Å². The van der Waals surface area contributed by atoms with Crippen LogP contribution in [0.5, 0.6) is 0 Å². The molecular weight excluding hydrogens is 248 g/mol. The van der Waals surface area contributed by atoms with E-state index in [9.17, 15) is 4.79 Å². The van der Waals surface area contributed by atoms with Gasteiger partial charge in [-0.15, -0.1) is 0 Å². The summed E-state index contributed by atoms with van der Waals surface area (Å²) in [6.45, 7) is 3.78. The Labute approximate surface area is 111 Å². The number of hydrogen-bond donors (Lipinski definition) is 1. The van der Waals surface area contributed by atoms with Gasteiger partial charge in [-0.3, -0.25) is 4.79 Å². The lowest BCUT2D eigenvalue weighted by Gasteiger charge is -2.31. The van der Waals surface area contributed by atoms with E-state index < -0.39 is 0 Å². The van der Waals surface area contributed by atoms with Gasteiger partial charge in [0.2, 0.25) is 0 Å². The zero-order valence-electron chi connectivity index (χ0n) is 10.7. The van der Waals surface area contributed by atoms with Crippen molar-refractivity contribution in [2.24, 2.45) is 0 Å². The van der Waals surface area contributed by atoms with Gasteiger partial charge in [0, 0.05) is 31.1 Å². The Morgan fingerprint density at radius 3 is 3.00 bits per heavy atom. The minimum atomic E-state index is -0.0103. The van der Waals surface area contributed by atoms with E-state index in [1.807, 2.05) is 16.7 Å². The maximum Gasteiger partial charge on any atom is 0.274 e. The molecule has 2 heterocycles. The fraction of sp³-hybridized carbons (Fsp3) is 0.583. The van der Waals surface area contributed by atoms with Gasteiger partial charge in [-0.1, -0.05) is 6.92 Å². The van der Waals surface area contributed by atoms with E-state index in [1.165, 1.54) is 6.20 Å². The van der Waals surface area contributed by atoms with E-state index in [0.29, 0.717) is 16.8 Å². The third-order valence-electron chi connectivity index (χ3n) is 3.01. The number of aromatic nitrogens is 2. The Morgan fingerprint density at radius 1 is 1.56 bits per heavy atom. The maximum atomic E-state index is 12.3. The molecule has 5 nitrogen and oxygen atoms in total. The fourth-order valence-electron chi connectivity index (χ4n) is 1.88. The number of carbonyl (C=O) groups is 1. The monoisotopic (exact) mass is 266 g/mol. The molecule has 6 heteroatoms. The van der Waals surface area contributed by atoms with Crippen molar-refractivity contribution < 1.29 is 4.79 Å². The molecule has 0 saturated carbocycles. The fourth-order valence-corrected chi connectivity index (χ4v) is 3.06. The molecule has 1 N–H and O–H groups in total. The van der Waals surface area contributed by atoms with Crippen LogP contribution in [0, 0.1) is 0 Å². The summed E-state index contributed by atoms with van der Waals surface area (Å²) in [5, 5.41) is 3.44. The molecule has 1 aliphatic rings. The molecule has 0 spiro atoms. The topological polar surface area (TPSA) is 58.1 Å². The van der Waals surface area contributed by atoms with Gasteiger partial charge in [0.25, 0.3) is 5.91 Å². The third-order valence-corrected chi connectivity index (χ3v) is 4.38. The van der Waals surface area contributed by atoms with Crippen LogP contribution in [0.1, 0.15) is 23.8 Å². The number of amides is 1. The first-order valence-corrected chi connectivity index (χ1v) is 7.20. The van der Waals surface area contributed by atoms with E-state index in [4.69, 9.17) is 0 Å². The van der Waals surface area contributed by atoms with Crippen LogP contribution in [0.2, 0.25) is 0 Å². The summed E-state index contributed by atoms with van der Waals surface area (Å²) < 4.78 is 0. The standard InChI is InChI=1S/C12H18N4OS/c1-3-9-8-16(4-5-18-9)12(17)10-6-15-11(13-2)7-14-10/h6-7,9H,3-5,8H2,1-2H3,(H,13,15). The van der Waals surface area contributed by atoms with Gasteiger partial charge in [0.05, 0.1) is 12.4 Å². The molecule has 1 saturated heterocycles. The molecule has 18 heavy (non-hydrogen) atoms. The van der Waals surface area contributed by atoms with Crippen molar-refractivity contribution in [2.45, 2.75) is 18.6 Å². The summed E-state index contributed by atoms with van der Waals surface area (Å²) in [5.74, 6) is 1.67. The Balaban J connectivity index is 2.05. The molecule has 1 aromatic heterocycles. The molecular formula is C12H18N4OS. The van der Waals surface area contributed by atoms with Crippen LogP contribution in [-0.2, 0) is 0 Å². The number of carbonyl (C=O) groups excluding carboxylic acids is 1. The summed E-state index contributed by atoms with van der Waals surface area (Å²) in [6.07, 6.45) is 4.22. The highest BCUT2D eigenvalue weighted by molar-refractivity contribution is 8.00. The van der Waals surface area contributed by atoms with Gasteiger partial charge in [-0.25, -0.2) is 9.97 Å². The van der Waals surface area contributed by atoms with E-state index >= 15 is 0 Å². The minimum absolute atomic E-state index is 0.0103. The Morgan fingerprint density at radius 2 is 2.39 bits per heavy atom. The predicted octanol–water partition coefficient (Wildman–Crippen LogP) is 1.49. The second-order valence-corrected chi connectivity index (χ2v) is 5.60. The molecule has 2 rings (SSSR count). The first-order chi connectivity index (χ1) is 8.74. The molecule has 0 bridgehead atoms. The highest BCUT2D eigenvalue weighted by atomic mass is 32.2. The molecule has 1 atom stereocenters. The number of thioether (sulfide) groups is 1. The van der Waals surface area contributed by atoms with Crippen molar-refractivity contribution in [1.29, 1.82) is 0 Å². The van der Waals surface area contributed by atoms with Gasteiger partial charge < -0.3 is 10.2 Å². The normalized spacial score (nSPS) is 19.7. The second-order valence-electron chi connectivity index (χ2n) is 4.19. The molecule has 0 aliphatic carbocycles. The quantitative estimate of drug-likeness (QED) is 0.898. The first kappa shape index (κ1) is 13.1. The molecule has 1 aliphatic heterocycles. The van der Waals surface area contributed by atoms with Crippen molar-refractivity contribution in [3.63, 3.8) is 0 Å². The largest absolute Gasteiger partial charge is 0.372 e. The Kier molecular flexibility index (Phi) is 4.41. The second kappa shape index (κ2) is 6.04. The number of nitrogens with zero attached hydrogens (tertiary/aromatic N) is 3. The van der Waals surface area contributed by atoms with Crippen molar-refractivity contribution in [3.8, 4) is 0 Å². The van der Waals surface area contributed by atoms with E-state index in [0.717, 1.165) is 25.3 Å².